The maximum atomic E-state index is 14.0. The summed E-state index contributed by atoms with van der Waals surface area (Å²) in [7, 11) is 6.26. The first-order chi connectivity index (χ1) is 19.5. The maximum Gasteiger partial charge on any atom is 0.276 e. The van der Waals surface area contributed by atoms with Crippen LogP contribution in [0, 0.1) is 0 Å². The van der Waals surface area contributed by atoms with Crippen molar-refractivity contribution in [3.05, 3.63) is 59.4 Å². The van der Waals surface area contributed by atoms with Crippen LogP contribution in [0.3, 0.4) is 0 Å². The Morgan fingerprint density at radius 2 is 1.57 bits per heavy atom. The zero-order valence-electron chi connectivity index (χ0n) is 23.3. The largest absolute Gasteiger partial charge is 0.493 e. The Labute approximate surface area is 238 Å². The number of amides is 2. The van der Waals surface area contributed by atoms with Crippen molar-refractivity contribution in [1.82, 2.24) is 19.0 Å². The Morgan fingerprint density at radius 1 is 0.925 bits per heavy atom. The Bertz CT molecular complexity index is 1280. The van der Waals surface area contributed by atoms with Crippen molar-refractivity contribution in [2.45, 2.75) is 50.6 Å². The topological polar surface area (TPSA) is 112 Å². The quantitative estimate of drug-likeness (QED) is 0.341. The van der Waals surface area contributed by atoms with E-state index in [-0.39, 0.29) is 30.1 Å². The standard InChI is InChI=1S/C29H36N4O6S/c1-36-23-12-10-19(16-25(23)38-3)14-15-33(29(35)22-18-30-40-32-22)27(28(34)31-21-8-6-5-7-9-21)20-11-13-24(37-2)26(17-20)39-4/h10-13,16-18,21,27H,5-9,14-15H2,1-4H3,(H,31,34)/t27-/m1/s1. The van der Waals surface area contributed by atoms with Gasteiger partial charge in [0.2, 0.25) is 5.91 Å². The minimum Gasteiger partial charge on any atom is -0.493 e. The molecule has 1 N–H and O–H groups in total. The van der Waals surface area contributed by atoms with E-state index in [1.54, 1.807) is 51.5 Å². The van der Waals surface area contributed by atoms with Crippen molar-refractivity contribution in [2.75, 3.05) is 35.0 Å². The molecular formula is C29H36N4O6S. The highest BCUT2D eigenvalue weighted by atomic mass is 32.1. The third-order valence-electron chi connectivity index (χ3n) is 7.17. The van der Waals surface area contributed by atoms with Gasteiger partial charge in [-0.2, -0.15) is 8.75 Å². The Hall–Kier alpha value is -3.86. The minimum atomic E-state index is -0.934. The summed E-state index contributed by atoms with van der Waals surface area (Å²) < 4.78 is 30.0. The van der Waals surface area contributed by atoms with Crippen LogP contribution in [0.25, 0.3) is 0 Å². The highest BCUT2D eigenvalue weighted by Gasteiger charge is 2.35. The predicted molar refractivity (Wildman–Crippen MR) is 151 cm³/mol. The number of aromatic nitrogens is 2. The summed E-state index contributed by atoms with van der Waals surface area (Å²) in [5.41, 5.74) is 1.72. The zero-order valence-corrected chi connectivity index (χ0v) is 24.2. The van der Waals surface area contributed by atoms with E-state index in [2.05, 4.69) is 14.1 Å². The van der Waals surface area contributed by atoms with Crippen molar-refractivity contribution in [1.29, 1.82) is 0 Å². The highest BCUT2D eigenvalue weighted by Crippen LogP contribution is 2.34. The van der Waals surface area contributed by atoms with Crippen LogP contribution in [-0.4, -0.2) is 66.5 Å². The second-order valence-electron chi connectivity index (χ2n) is 9.59. The molecule has 1 saturated carbocycles. The van der Waals surface area contributed by atoms with Crippen LogP contribution in [0.5, 0.6) is 23.0 Å². The van der Waals surface area contributed by atoms with Crippen LogP contribution < -0.4 is 24.3 Å². The van der Waals surface area contributed by atoms with Crippen molar-refractivity contribution < 1.29 is 28.5 Å². The maximum absolute atomic E-state index is 14.0. The molecule has 1 heterocycles. The van der Waals surface area contributed by atoms with E-state index in [4.69, 9.17) is 18.9 Å². The molecule has 0 unspecified atom stereocenters. The molecule has 0 radical (unpaired) electrons. The van der Waals surface area contributed by atoms with E-state index in [1.165, 1.54) is 6.20 Å². The number of nitrogens with zero attached hydrogens (tertiary/aromatic N) is 3. The summed E-state index contributed by atoms with van der Waals surface area (Å²) in [6.45, 7) is 0.239. The number of hydrogen-bond acceptors (Lipinski definition) is 9. The minimum absolute atomic E-state index is 0.0626. The first-order valence-corrected chi connectivity index (χ1v) is 14.0. The van der Waals surface area contributed by atoms with Gasteiger partial charge < -0.3 is 29.2 Å². The van der Waals surface area contributed by atoms with Crippen molar-refractivity contribution in [2.24, 2.45) is 0 Å². The van der Waals surface area contributed by atoms with Crippen molar-refractivity contribution in [3.63, 3.8) is 0 Å². The lowest BCUT2D eigenvalue weighted by atomic mass is 9.94. The van der Waals surface area contributed by atoms with Crippen LogP contribution in [-0.2, 0) is 11.2 Å². The van der Waals surface area contributed by atoms with E-state index in [0.29, 0.717) is 35.0 Å². The number of hydrogen-bond donors (Lipinski definition) is 1. The van der Waals surface area contributed by atoms with Gasteiger partial charge in [-0.25, -0.2) is 0 Å². The average molecular weight is 569 g/mol. The molecular weight excluding hydrogens is 532 g/mol. The Morgan fingerprint density at radius 3 is 2.20 bits per heavy atom. The lowest BCUT2D eigenvalue weighted by Gasteiger charge is -2.33. The summed E-state index contributed by atoms with van der Waals surface area (Å²) in [4.78, 5) is 29.5. The highest BCUT2D eigenvalue weighted by molar-refractivity contribution is 6.99. The lowest BCUT2D eigenvalue weighted by molar-refractivity contribution is -0.126. The van der Waals surface area contributed by atoms with Gasteiger partial charge in [-0.05, 0) is 54.7 Å². The number of carbonyl (C=O) groups excluding carboxylic acids is 2. The van der Waals surface area contributed by atoms with Crippen LogP contribution in [0.2, 0.25) is 0 Å². The molecule has 1 atom stereocenters. The van der Waals surface area contributed by atoms with Gasteiger partial charge >= 0.3 is 0 Å². The van der Waals surface area contributed by atoms with E-state index in [0.717, 1.165) is 49.4 Å². The summed E-state index contributed by atoms with van der Waals surface area (Å²) in [6.07, 6.45) is 7.03. The van der Waals surface area contributed by atoms with Crippen molar-refractivity contribution in [3.8, 4) is 23.0 Å². The first-order valence-electron chi connectivity index (χ1n) is 13.3. The van der Waals surface area contributed by atoms with Gasteiger partial charge in [-0.3, -0.25) is 9.59 Å². The lowest BCUT2D eigenvalue weighted by Crippen LogP contribution is -2.47. The van der Waals surface area contributed by atoms with Crippen molar-refractivity contribution >= 4 is 23.5 Å². The average Bonchev–Trinajstić information content (AvgIpc) is 3.54. The summed E-state index contributed by atoms with van der Waals surface area (Å²) >= 11 is 0.949. The number of nitrogens with one attached hydrogen (secondary N) is 1. The third-order valence-corrected chi connectivity index (χ3v) is 7.64. The Balaban J connectivity index is 1.73. The van der Waals surface area contributed by atoms with Gasteiger partial charge in [0, 0.05) is 12.6 Å². The second-order valence-corrected chi connectivity index (χ2v) is 10.1. The fourth-order valence-corrected chi connectivity index (χ4v) is 5.47. The molecule has 0 aliphatic heterocycles. The molecule has 10 nitrogen and oxygen atoms in total. The molecule has 1 fully saturated rings. The van der Waals surface area contributed by atoms with Gasteiger partial charge in [-0.15, -0.1) is 0 Å². The summed E-state index contributed by atoms with van der Waals surface area (Å²) in [6, 6.07) is 10.0. The Kier molecular flexibility index (Phi) is 10.2. The van der Waals surface area contributed by atoms with E-state index < -0.39 is 6.04 Å². The molecule has 0 bridgehead atoms. The molecule has 3 aromatic rings. The van der Waals surface area contributed by atoms with Crippen LogP contribution >= 0.6 is 11.7 Å². The first kappa shape index (κ1) is 29.1. The number of rotatable bonds is 12. The van der Waals surface area contributed by atoms with E-state index >= 15 is 0 Å². The molecule has 0 saturated heterocycles. The summed E-state index contributed by atoms with van der Waals surface area (Å²) in [5.74, 6) is 1.58. The fourth-order valence-electron chi connectivity index (χ4n) is 5.06. The number of ether oxygens (including phenoxy) is 4. The van der Waals surface area contributed by atoms with Crippen LogP contribution in [0.15, 0.2) is 42.6 Å². The fraction of sp³-hybridized carbons (Fsp3) is 0.448. The molecule has 214 valence electrons. The summed E-state index contributed by atoms with van der Waals surface area (Å²) in [5, 5.41) is 3.22. The number of benzene rings is 2. The second kappa shape index (κ2) is 14.0. The molecule has 1 aromatic heterocycles. The van der Waals surface area contributed by atoms with Crippen LogP contribution in [0.1, 0.15) is 59.8 Å². The molecule has 2 amide bonds. The SMILES string of the molecule is COc1ccc(CCN(C(=O)c2cnsn2)[C@@H](C(=O)NC2CCCCC2)c2ccc(OC)c(OC)c2)cc1OC. The predicted octanol–water partition coefficient (Wildman–Crippen LogP) is 4.45. The number of methoxy groups -OCH3 is 4. The zero-order chi connectivity index (χ0) is 28.5. The van der Waals surface area contributed by atoms with Gasteiger partial charge in [-0.1, -0.05) is 31.4 Å². The van der Waals surface area contributed by atoms with Gasteiger partial charge in [0.25, 0.3) is 5.91 Å². The van der Waals surface area contributed by atoms with Crippen LogP contribution in [0.4, 0.5) is 0 Å². The molecule has 2 aromatic carbocycles. The molecule has 1 aliphatic carbocycles. The van der Waals surface area contributed by atoms with Gasteiger partial charge in [0.05, 0.1) is 46.4 Å². The van der Waals surface area contributed by atoms with E-state index in [1.807, 2.05) is 18.2 Å². The third kappa shape index (κ3) is 6.82. The normalized spacial score (nSPS) is 14.2. The number of carbonyl (C=O) groups is 2. The van der Waals surface area contributed by atoms with E-state index in [9.17, 15) is 9.59 Å². The van der Waals surface area contributed by atoms with Gasteiger partial charge in [0.1, 0.15) is 6.04 Å². The molecule has 0 spiro atoms. The van der Waals surface area contributed by atoms with Gasteiger partial charge in [0.15, 0.2) is 28.7 Å². The molecule has 1 aliphatic rings. The smallest absolute Gasteiger partial charge is 0.276 e. The molecule has 40 heavy (non-hydrogen) atoms. The monoisotopic (exact) mass is 568 g/mol. The molecule has 4 rings (SSSR count). The molecule has 11 heteroatoms.